The molecule has 0 spiro atoms. The molecule has 0 radical (unpaired) electrons. The Balaban J connectivity index is 1.80. The maximum absolute atomic E-state index is 11.7. The lowest BCUT2D eigenvalue weighted by Gasteiger charge is -2.46. The highest BCUT2D eigenvalue weighted by atomic mass is 32.2. The highest BCUT2D eigenvalue weighted by Crippen LogP contribution is 2.41. The van der Waals surface area contributed by atoms with Gasteiger partial charge in [0, 0.05) is 31.5 Å². The Bertz CT molecular complexity index is 562. The molecule has 6 nitrogen and oxygen atoms in total. The topological polar surface area (TPSA) is 76.9 Å². The monoisotopic (exact) mass is 284 g/mol. The molecule has 1 atom stereocenters. The minimum atomic E-state index is -2.82. The average molecular weight is 284 g/mol. The standard InChI is InChI=1S/C12H20N4O2S/c1-2-16-11(14-9-15-16)5-12(7-13-8-12)10-3-4-19(17,18)6-10/h9-10,13H,2-8H2,1H3. The summed E-state index contributed by atoms with van der Waals surface area (Å²) in [5, 5.41) is 7.50. The Morgan fingerprint density at radius 2 is 2.32 bits per heavy atom. The zero-order valence-electron chi connectivity index (χ0n) is 11.2. The second-order valence-electron chi connectivity index (χ2n) is 5.73. The lowest BCUT2D eigenvalue weighted by atomic mass is 9.68. The van der Waals surface area contributed by atoms with Crippen molar-refractivity contribution in [2.75, 3.05) is 24.6 Å². The van der Waals surface area contributed by atoms with Crippen molar-refractivity contribution < 1.29 is 8.42 Å². The predicted molar refractivity (Wildman–Crippen MR) is 71.5 cm³/mol. The Hall–Kier alpha value is -0.950. The van der Waals surface area contributed by atoms with E-state index in [1.165, 1.54) is 0 Å². The van der Waals surface area contributed by atoms with Gasteiger partial charge < -0.3 is 5.32 Å². The molecule has 106 valence electrons. The largest absolute Gasteiger partial charge is 0.315 e. The lowest BCUT2D eigenvalue weighted by molar-refractivity contribution is 0.0883. The number of nitrogens with zero attached hydrogens (tertiary/aromatic N) is 3. The molecule has 2 saturated heterocycles. The van der Waals surface area contributed by atoms with Gasteiger partial charge in [0.05, 0.1) is 11.5 Å². The van der Waals surface area contributed by atoms with Crippen molar-refractivity contribution in [3.63, 3.8) is 0 Å². The Kier molecular flexibility index (Phi) is 3.13. The SMILES string of the molecule is CCn1ncnc1CC1(C2CCS(=O)(=O)C2)CNC1. The fraction of sp³-hybridized carbons (Fsp3) is 0.833. The minimum Gasteiger partial charge on any atom is -0.315 e. The van der Waals surface area contributed by atoms with E-state index in [-0.39, 0.29) is 11.3 Å². The zero-order valence-corrected chi connectivity index (χ0v) is 12.0. The van der Waals surface area contributed by atoms with Gasteiger partial charge in [-0.3, -0.25) is 4.68 Å². The molecule has 7 heteroatoms. The van der Waals surface area contributed by atoms with E-state index in [1.807, 2.05) is 11.6 Å². The van der Waals surface area contributed by atoms with Crippen LogP contribution in [0.3, 0.4) is 0 Å². The number of sulfone groups is 1. The Morgan fingerprint density at radius 1 is 1.53 bits per heavy atom. The van der Waals surface area contributed by atoms with Crippen molar-refractivity contribution in [2.45, 2.75) is 26.3 Å². The second-order valence-corrected chi connectivity index (χ2v) is 7.96. The summed E-state index contributed by atoms with van der Waals surface area (Å²) in [5.41, 5.74) is 0.0591. The molecule has 0 aliphatic carbocycles. The summed E-state index contributed by atoms with van der Waals surface area (Å²) < 4.78 is 25.3. The fourth-order valence-corrected chi connectivity index (χ4v) is 5.23. The van der Waals surface area contributed by atoms with Gasteiger partial charge in [-0.2, -0.15) is 5.10 Å². The van der Waals surface area contributed by atoms with E-state index in [2.05, 4.69) is 15.4 Å². The first-order chi connectivity index (χ1) is 9.05. The van der Waals surface area contributed by atoms with Gasteiger partial charge in [0.15, 0.2) is 9.84 Å². The molecule has 0 aromatic carbocycles. The van der Waals surface area contributed by atoms with Gasteiger partial charge >= 0.3 is 0 Å². The number of aryl methyl sites for hydroxylation is 1. The first-order valence-electron chi connectivity index (χ1n) is 6.82. The van der Waals surface area contributed by atoms with E-state index in [4.69, 9.17) is 0 Å². The van der Waals surface area contributed by atoms with E-state index >= 15 is 0 Å². The Labute approximate surface area is 113 Å². The number of hydrogen-bond donors (Lipinski definition) is 1. The highest BCUT2D eigenvalue weighted by molar-refractivity contribution is 7.91. The van der Waals surface area contributed by atoms with Crippen LogP contribution < -0.4 is 5.32 Å². The van der Waals surface area contributed by atoms with E-state index < -0.39 is 9.84 Å². The van der Waals surface area contributed by atoms with Crippen LogP contribution in [-0.4, -0.2) is 47.8 Å². The molecular formula is C12H20N4O2S. The van der Waals surface area contributed by atoms with Crippen LogP contribution in [0.25, 0.3) is 0 Å². The van der Waals surface area contributed by atoms with E-state index in [1.54, 1.807) is 6.33 Å². The third kappa shape index (κ3) is 2.29. The fourth-order valence-electron chi connectivity index (χ4n) is 3.29. The highest BCUT2D eigenvalue weighted by Gasteiger charge is 2.49. The Morgan fingerprint density at radius 3 is 2.84 bits per heavy atom. The van der Waals surface area contributed by atoms with Gasteiger partial charge in [0.25, 0.3) is 0 Å². The van der Waals surface area contributed by atoms with Crippen LogP contribution in [0.1, 0.15) is 19.2 Å². The van der Waals surface area contributed by atoms with Gasteiger partial charge in [-0.25, -0.2) is 13.4 Å². The summed E-state index contributed by atoms with van der Waals surface area (Å²) in [4.78, 5) is 4.34. The van der Waals surface area contributed by atoms with Crippen LogP contribution in [0.15, 0.2) is 6.33 Å². The van der Waals surface area contributed by atoms with Crippen LogP contribution in [0, 0.1) is 11.3 Å². The predicted octanol–water partition coefficient (Wildman–Crippen LogP) is -0.135. The van der Waals surface area contributed by atoms with Gasteiger partial charge in [-0.05, 0) is 19.3 Å². The first-order valence-corrected chi connectivity index (χ1v) is 8.65. The smallest absolute Gasteiger partial charge is 0.150 e. The summed E-state index contributed by atoms with van der Waals surface area (Å²) in [6.07, 6.45) is 3.21. The van der Waals surface area contributed by atoms with E-state index in [0.717, 1.165) is 38.3 Å². The lowest BCUT2D eigenvalue weighted by Crippen LogP contribution is -2.59. The summed E-state index contributed by atoms with van der Waals surface area (Å²) in [6.45, 7) is 4.64. The van der Waals surface area contributed by atoms with E-state index in [0.29, 0.717) is 11.5 Å². The minimum absolute atomic E-state index is 0.0591. The zero-order chi connectivity index (χ0) is 13.5. The van der Waals surface area contributed by atoms with Crippen LogP contribution in [0.2, 0.25) is 0 Å². The molecule has 0 amide bonds. The molecule has 1 aromatic rings. The number of nitrogens with one attached hydrogen (secondary N) is 1. The molecule has 1 unspecified atom stereocenters. The molecule has 2 fully saturated rings. The van der Waals surface area contributed by atoms with Crippen LogP contribution >= 0.6 is 0 Å². The van der Waals surface area contributed by atoms with Gasteiger partial charge in [-0.1, -0.05) is 0 Å². The molecule has 3 heterocycles. The first kappa shape index (κ1) is 13.1. The molecule has 3 rings (SSSR count). The number of aromatic nitrogens is 3. The molecule has 1 aromatic heterocycles. The quantitative estimate of drug-likeness (QED) is 0.833. The molecule has 2 aliphatic rings. The molecule has 1 N–H and O–H groups in total. The van der Waals surface area contributed by atoms with Crippen LogP contribution in [-0.2, 0) is 22.8 Å². The maximum atomic E-state index is 11.7. The third-order valence-electron chi connectivity index (χ3n) is 4.56. The average Bonchev–Trinajstić information content (AvgIpc) is 2.89. The maximum Gasteiger partial charge on any atom is 0.150 e. The van der Waals surface area contributed by atoms with Crippen LogP contribution in [0.5, 0.6) is 0 Å². The molecule has 0 saturated carbocycles. The third-order valence-corrected chi connectivity index (χ3v) is 6.33. The van der Waals surface area contributed by atoms with Crippen molar-refractivity contribution in [1.29, 1.82) is 0 Å². The van der Waals surface area contributed by atoms with Crippen molar-refractivity contribution in [3.8, 4) is 0 Å². The molecule has 2 aliphatic heterocycles. The number of rotatable bonds is 4. The van der Waals surface area contributed by atoms with Gasteiger partial charge in [0.1, 0.15) is 12.2 Å². The van der Waals surface area contributed by atoms with Gasteiger partial charge in [-0.15, -0.1) is 0 Å². The van der Waals surface area contributed by atoms with Crippen LogP contribution in [0.4, 0.5) is 0 Å². The normalized spacial score (nSPS) is 28.2. The molecule has 0 bridgehead atoms. The summed E-state index contributed by atoms with van der Waals surface area (Å²) in [5.74, 6) is 1.93. The van der Waals surface area contributed by atoms with Crippen molar-refractivity contribution in [3.05, 3.63) is 12.2 Å². The van der Waals surface area contributed by atoms with E-state index in [9.17, 15) is 8.42 Å². The number of hydrogen-bond acceptors (Lipinski definition) is 5. The second kappa shape index (κ2) is 4.56. The summed E-state index contributed by atoms with van der Waals surface area (Å²) in [7, 11) is -2.82. The van der Waals surface area contributed by atoms with Crippen molar-refractivity contribution in [2.24, 2.45) is 11.3 Å². The molecule has 19 heavy (non-hydrogen) atoms. The van der Waals surface area contributed by atoms with Crippen molar-refractivity contribution >= 4 is 9.84 Å². The van der Waals surface area contributed by atoms with Gasteiger partial charge in [0.2, 0.25) is 0 Å². The van der Waals surface area contributed by atoms with Crippen molar-refractivity contribution in [1.82, 2.24) is 20.1 Å². The molecular weight excluding hydrogens is 264 g/mol. The summed E-state index contributed by atoms with van der Waals surface area (Å²) in [6, 6.07) is 0. The summed E-state index contributed by atoms with van der Waals surface area (Å²) >= 11 is 0.